The van der Waals surface area contributed by atoms with Crippen LogP contribution in [0.15, 0.2) is 0 Å². The molecule has 0 aliphatic heterocycles. The second kappa shape index (κ2) is 18.5. The molecule has 0 heterocycles. The van der Waals surface area contributed by atoms with Gasteiger partial charge in [0.2, 0.25) is 0 Å². The van der Waals surface area contributed by atoms with E-state index in [4.69, 9.17) is 0 Å². The molecule has 0 aromatic carbocycles. The van der Waals surface area contributed by atoms with Gasteiger partial charge in [0.25, 0.3) is 0 Å². The summed E-state index contributed by atoms with van der Waals surface area (Å²) in [4.78, 5) is -2.06. The molecular formula is C20H41KO4S. The molecule has 0 aliphatic carbocycles. The summed E-state index contributed by atoms with van der Waals surface area (Å²) in [7, 11) is -4.66. The number of unbranched alkanes of at least 4 members (excludes halogenated alkanes) is 13. The first-order valence-electron chi connectivity index (χ1n) is 10.5. The van der Waals surface area contributed by atoms with Crippen molar-refractivity contribution in [3.05, 3.63) is 0 Å². The average molecular weight is 417 g/mol. The summed E-state index contributed by atoms with van der Waals surface area (Å²) >= 11 is 0. The first-order valence-corrected chi connectivity index (χ1v) is 12.0. The van der Waals surface area contributed by atoms with Crippen LogP contribution in [0.25, 0.3) is 0 Å². The van der Waals surface area contributed by atoms with E-state index in [0.717, 1.165) is 38.5 Å². The Labute approximate surface area is 205 Å². The van der Waals surface area contributed by atoms with Crippen molar-refractivity contribution in [3.8, 4) is 0 Å². The summed E-state index contributed by atoms with van der Waals surface area (Å²) in [5.41, 5.74) is 0. The van der Waals surface area contributed by atoms with Gasteiger partial charge >= 0.3 is 51.4 Å². The van der Waals surface area contributed by atoms with Crippen molar-refractivity contribution in [3.63, 3.8) is 0 Å². The molecule has 0 bridgehead atoms. The summed E-state index contributed by atoms with van der Waals surface area (Å²) in [6.45, 7) is 4.30. The molecule has 0 spiro atoms. The summed E-state index contributed by atoms with van der Waals surface area (Å²) in [5.74, 6) is 0. The van der Waals surface area contributed by atoms with E-state index in [9.17, 15) is 18.1 Å². The second-order valence-corrected chi connectivity index (χ2v) is 9.16. The van der Waals surface area contributed by atoms with Crippen LogP contribution in [0.1, 0.15) is 123 Å². The van der Waals surface area contributed by atoms with Gasteiger partial charge in [-0.2, -0.15) is 0 Å². The Kier molecular flexibility index (Phi) is 21.2. The first-order chi connectivity index (χ1) is 11.9. The van der Waals surface area contributed by atoms with Crippen LogP contribution >= 0.6 is 0 Å². The summed E-state index contributed by atoms with van der Waals surface area (Å²) in [5, 5.41) is 10.3. The van der Waals surface area contributed by atoms with Crippen molar-refractivity contribution in [1.29, 1.82) is 0 Å². The van der Waals surface area contributed by atoms with E-state index < -0.39 is 15.1 Å². The van der Waals surface area contributed by atoms with Gasteiger partial charge in [-0.25, -0.2) is 8.42 Å². The predicted molar refractivity (Wildman–Crippen MR) is 104 cm³/mol. The zero-order chi connectivity index (χ0) is 19.0. The molecular weight excluding hydrogens is 375 g/mol. The minimum Gasteiger partial charge on any atom is -0.746 e. The third-order valence-electron chi connectivity index (χ3n) is 5.06. The van der Waals surface area contributed by atoms with Gasteiger partial charge in [0.05, 0.1) is 0 Å². The molecule has 0 aromatic rings. The van der Waals surface area contributed by atoms with Crippen molar-refractivity contribution in [2.45, 2.75) is 128 Å². The molecule has 1 atom stereocenters. The van der Waals surface area contributed by atoms with Gasteiger partial charge in [0, 0.05) is 0 Å². The molecule has 0 saturated carbocycles. The Balaban J connectivity index is 0. The molecule has 0 saturated heterocycles. The normalized spacial score (nSPS) is 14.0. The topological polar surface area (TPSA) is 77.4 Å². The van der Waals surface area contributed by atoms with Crippen LogP contribution in [0.3, 0.4) is 0 Å². The van der Waals surface area contributed by atoms with E-state index in [1.54, 1.807) is 0 Å². The van der Waals surface area contributed by atoms with Crippen LogP contribution in [0, 0.1) is 0 Å². The third-order valence-corrected chi connectivity index (χ3v) is 6.40. The second-order valence-electron chi connectivity index (χ2n) is 7.50. The Bertz CT molecular complexity index is 401. The molecule has 1 N–H and O–H groups in total. The molecule has 0 radical (unpaired) electrons. The standard InChI is InChI=1S/C20H42O4S.K/c1-3-5-7-9-10-11-12-13-14-15-17-19-20(21,25(22,23)24)18-16-8-6-4-2;/h21H,3-19H2,1-2H3,(H,22,23,24);/q;+1/p-1. The van der Waals surface area contributed by atoms with Crippen molar-refractivity contribution in [2.24, 2.45) is 0 Å². The fraction of sp³-hybridized carbons (Fsp3) is 1.00. The van der Waals surface area contributed by atoms with E-state index in [2.05, 4.69) is 13.8 Å². The summed E-state index contributed by atoms with van der Waals surface area (Å²) in [6.07, 6.45) is 16.5. The van der Waals surface area contributed by atoms with Gasteiger partial charge in [-0.05, 0) is 25.7 Å². The number of aliphatic hydroxyl groups is 1. The van der Waals surface area contributed by atoms with Crippen molar-refractivity contribution in [2.75, 3.05) is 0 Å². The quantitative estimate of drug-likeness (QED) is 0.212. The Morgan fingerprint density at radius 1 is 0.654 bits per heavy atom. The number of hydrogen-bond donors (Lipinski definition) is 1. The van der Waals surface area contributed by atoms with Gasteiger partial charge in [0.15, 0.2) is 4.93 Å². The molecule has 152 valence electrons. The summed E-state index contributed by atoms with van der Waals surface area (Å²) < 4.78 is 34.3. The Morgan fingerprint density at radius 2 is 0.923 bits per heavy atom. The van der Waals surface area contributed by atoms with Crippen LogP contribution in [-0.4, -0.2) is 23.0 Å². The van der Waals surface area contributed by atoms with Crippen molar-refractivity contribution < 1.29 is 69.5 Å². The molecule has 0 rings (SSSR count). The molecule has 4 nitrogen and oxygen atoms in total. The molecule has 0 fully saturated rings. The fourth-order valence-corrected chi connectivity index (χ4v) is 4.06. The van der Waals surface area contributed by atoms with Crippen LogP contribution in [0.4, 0.5) is 0 Å². The third kappa shape index (κ3) is 15.4. The van der Waals surface area contributed by atoms with Crippen LogP contribution in [0.2, 0.25) is 0 Å². The molecule has 1 unspecified atom stereocenters. The van der Waals surface area contributed by atoms with Crippen LogP contribution in [0.5, 0.6) is 0 Å². The zero-order valence-corrected chi connectivity index (χ0v) is 21.5. The molecule has 0 aromatic heterocycles. The smallest absolute Gasteiger partial charge is 0.746 e. The van der Waals surface area contributed by atoms with E-state index in [-0.39, 0.29) is 64.2 Å². The van der Waals surface area contributed by atoms with E-state index in [0.29, 0.717) is 12.8 Å². The van der Waals surface area contributed by atoms with Gasteiger partial charge in [-0.3, -0.25) is 0 Å². The largest absolute Gasteiger partial charge is 1.00 e. The first kappa shape index (κ1) is 29.7. The number of hydrogen-bond acceptors (Lipinski definition) is 4. The zero-order valence-electron chi connectivity index (χ0n) is 17.6. The van der Waals surface area contributed by atoms with Crippen LogP contribution < -0.4 is 51.4 Å². The maximum absolute atomic E-state index is 11.4. The average Bonchev–Trinajstić information content (AvgIpc) is 2.55. The molecule has 0 amide bonds. The van der Waals surface area contributed by atoms with Crippen LogP contribution in [-0.2, 0) is 10.1 Å². The number of rotatable bonds is 18. The monoisotopic (exact) mass is 416 g/mol. The Morgan fingerprint density at radius 3 is 1.23 bits per heavy atom. The maximum atomic E-state index is 11.4. The van der Waals surface area contributed by atoms with Crippen molar-refractivity contribution in [1.82, 2.24) is 0 Å². The minimum absolute atomic E-state index is 0. The van der Waals surface area contributed by atoms with Gasteiger partial charge in [-0.15, -0.1) is 0 Å². The minimum atomic E-state index is -4.66. The molecule has 0 aliphatic rings. The molecule has 6 heteroatoms. The summed E-state index contributed by atoms with van der Waals surface area (Å²) in [6, 6.07) is 0. The van der Waals surface area contributed by atoms with Gasteiger partial charge in [0.1, 0.15) is 10.1 Å². The Hall–Kier alpha value is 1.51. The SMILES string of the molecule is CCCCCCCCCCCCCC(O)(CCCCCC)S(=O)(=O)[O-].[K+]. The molecule has 26 heavy (non-hydrogen) atoms. The maximum Gasteiger partial charge on any atom is 1.00 e. The van der Waals surface area contributed by atoms with E-state index in [1.165, 1.54) is 44.9 Å². The van der Waals surface area contributed by atoms with Crippen molar-refractivity contribution >= 4 is 10.1 Å². The van der Waals surface area contributed by atoms with E-state index >= 15 is 0 Å². The van der Waals surface area contributed by atoms with Gasteiger partial charge in [-0.1, -0.05) is 97.3 Å². The fourth-order valence-electron chi connectivity index (χ4n) is 3.27. The predicted octanol–water partition coefficient (Wildman–Crippen LogP) is 2.90. The van der Waals surface area contributed by atoms with E-state index in [1.807, 2.05) is 0 Å². The van der Waals surface area contributed by atoms with Gasteiger partial charge < -0.3 is 9.66 Å².